The predicted molar refractivity (Wildman–Crippen MR) is 68.2 cm³/mol. The van der Waals surface area contributed by atoms with Gasteiger partial charge in [0.25, 0.3) is 0 Å². The highest BCUT2D eigenvalue weighted by atomic mass is 16.1. The van der Waals surface area contributed by atoms with Crippen molar-refractivity contribution in [3.8, 4) is 0 Å². The molecule has 86 valence electrons. The summed E-state index contributed by atoms with van der Waals surface area (Å²) < 4.78 is 0. The molecular formula is C15H20O. The van der Waals surface area contributed by atoms with Gasteiger partial charge in [-0.05, 0) is 36.5 Å². The fraction of sp³-hybridized carbons (Fsp3) is 0.467. The van der Waals surface area contributed by atoms with Gasteiger partial charge >= 0.3 is 0 Å². The van der Waals surface area contributed by atoms with Crippen LogP contribution in [-0.4, -0.2) is 5.78 Å². The molecule has 0 radical (unpaired) electrons. The van der Waals surface area contributed by atoms with Crippen molar-refractivity contribution in [3.05, 3.63) is 41.2 Å². The fourth-order valence-corrected chi connectivity index (χ4v) is 1.50. The number of rotatable bonds is 5. The molecule has 1 aliphatic carbocycles. The summed E-state index contributed by atoms with van der Waals surface area (Å²) in [6.07, 6.45) is 10.3. The summed E-state index contributed by atoms with van der Waals surface area (Å²) in [5.41, 5.74) is 4.99. The van der Waals surface area contributed by atoms with Crippen LogP contribution in [0.5, 0.6) is 0 Å². The maximum atomic E-state index is 11.9. The first kappa shape index (κ1) is 12.7. The Morgan fingerprint density at radius 3 is 2.75 bits per heavy atom. The molecule has 0 unspecified atom stereocenters. The summed E-state index contributed by atoms with van der Waals surface area (Å²) in [5.74, 6) is 0.777. The van der Waals surface area contributed by atoms with Crippen LogP contribution in [0.2, 0.25) is 0 Å². The molecule has 0 aromatic rings. The van der Waals surface area contributed by atoms with Gasteiger partial charge in [0.2, 0.25) is 0 Å². The van der Waals surface area contributed by atoms with Gasteiger partial charge in [0, 0.05) is 6.42 Å². The predicted octanol–water partition coefficient (Wildman–Crippen LogP) is 3.98. The average molecular weight is 216 g/mol. The first-order chi connectivity index (χ1) is 7.63. The molecule has 1 nitrogen and oxygen atoms in total. The number of Topliss-reactive ketones (excluding diaryl/α,β-unsaturated/α-hetero) is 1. The van der Waals surface area contributed by atoms with Crippen LogP contribution < -0.4 is 0 Å². The van der Waals surface area contributed by atoms with E-state index < -0.39 is 0 Å². The maximum Gasteiger partial charge on any atom is 0.170 e. The van der Waals surface area contributed by atoms with E-state index in [9.17, 15) is 4.79 Å². The highest BCUT2D eigenvalue weighted by Gasteiger charge is 2.08. The number of allylic oxidation sites excluding steroid dienone is 5. The molecule has 0 fully saturated rings. The molecule has 1 aliphatic rings. The van der Waals surface area contributed by atoms with Crippen LogP contribution in [0.15, 0.2) is 41.2 Å². The monoisotopic (exact) mass is 216 g/mol. The van der Waals surface area contributed by atoms with Crippen LogP contribution in [0.3, 0.4) is 0 Å². The number of ketones is 1. The quantitative estimate of drug-likeness (QED) is 0.635. The smallest absolute Gasteiger partial charge is 0.170 e. The number of carbonyl (C=O) groups excluding carboxylic acids is 1. The van der Waals surface area contributed by atoms with Crippen LogP contribution in [-0.2, 0) is 4.79 Å². The topological polar surface area (TPSA) is 17.1 Å². The lowest BCUT2D eigenvalue weighted by Gasteiger charge is -2.02. The molecule has 1 heteroatoms. The molecule has 0 heterocycles. The summed E-state index contributed by atoms with van der Waals surface area (Å²) in [6, 6.07) is 0. The summed E-state index contributed by atoms with van der Waals surface area (Å²) in [6.45, 7) is 6.38. The summed E-state index contributed by atoms with van der Waals surface area (Å²) >= 11 is 0. The van der Waals surface area contributed by atoms with Crippen molar-refractivity contribution in [3.63, 3.8) is 0 Å². The van der Waals surface area contributed by atoms with Gasteiger partial charge in [0.1, 0.15) is 0 Å². The van der Waals surface area contributed by atoms with E-state index in [4.69, 9.17) is 0 Å². The minimum absolute atomic E-state index is 0.201. The molecule has 1 rings (SSSR count). The molecule has 0 N–H and O–H groups in total. The molecule has 0 saturated carbocycles. The molecule has 0 aromatic carbocycles. The first-order valence-corrected chi connectivity index (χ1v) is 6.00. The summed E-state index contributed by atoms with van der Waals surface area (Å²) in [4.78, 5) is 11.9. The van der Waals surface area contributed by atoms with Crippen molar-refractivity contribution in [1.29, 1.82) is 0 Å². The Bertz CT molecular complexity index is 374. The Kier molecular flexibility index (Phi) is 5.01. The minimum Gasteiger partial charge on any atom is -0.293 e. The van der Waals surface area contributed by atoms with E-state index in [0.717, 1.165) is 12.8 Å². The Morgan fingerprint density at radius 2 is 2.12 bits per heavy atom. The minimum atomic E-state index is 0.201. The zero-order chi connectivity index (χ0) is 12.0. The molecule has 0 bridgehead atoms. The van der Waals surface area contributed by atoms with E-state index in [1.54, 1.807) is 0 Å². The third-order valence-electron chi connectivity index (χ3n) is 2.66. The van der Waals surface area contributed by atoms with Crippen molar-refractivity contribution in [2.75, 3.05) is 0 Å². The van der Waals surface area contributed by atoms with Gasteiger partial charge in [-0.1, -0.05) is 32.9 Å². The van der Waals surface area contributed by atoms with Crippen molar-refractivity contribution in [2.24, 2.45) is 5.92 Å². The number of hydrogen-bond donors (Lipinski definition) is 0. The zero-order valence-corrected chi connectivity index (χ0v) is 10.4. The normalized spacial score (nSPS) is 14.8. The van der Waals surface area contributed by atoms with Crippen LogP contribution in [0.1, 0.15) is 40.0 Å². The second-order valence-corrected chi connectivity index (χ2v) is 4.51. The van der Waals surface area contributed by atoms with E-state index in [1.165, 1.54) is 5.57 Å². The summed E-state index contributed by atoms with van der Waals surface area (Å²) in [5, 5.41) is 0. The van der Waals surface area contributed by atoms with Gasteiger partial charge in [-0.15, -0.1) is 5.73 Å². The van der Waals surface area contributed by atoms with E-state index in [1.807, 2.05) is 24.3 Å². The van der Waals surface area contributed by atoms with Crippen molar-refractivity contribution in [1.82, 2.24) is 0 Å². The zero-order valence-electron chi connectivity index (χ0n) is 10.4. The molecule has 0 aromatic heterocycles. The van der Waals surface area contributed by atoms with Crippen molar-refractivity contribution < 1.29 is 4.79 Å². The molecular weight excluding hydrogens is 196 g/mol. The van der Waals surface area contributed by atoms with Gasteiger partial charge in [-0.2, -0.15) is 0 Å². The van der Waals surface area contributed by atoms with Gasteiger partial charge in [0.05, 0.1) is 5.57 Å². The Balaban J connectivity index is 2.63. The van der Waals surface area contributed by atoms with Gasteiger partial charge in [-0.25, -0.2) is 0 Å². The SMILES string of the molecule is CCC1=CC=C=C(C(=O)CCC(C)C)C=C1. The van der Waals surface area contributed by atoms with E-state index >= 15 is 0 Å². The van der Waals surface area contributed by atoms with Gasteiger partial charge in [-0.3, -0.25) is 4.79 Å². The second-order valence-electron chi connectivity index (χ2n) is 4.51. The van der Waals surface area contributed by atoms with Gasteiger partial charge in [0.15, 0.2) is 5.78 Å². The Morgan fingerprint density at radius 1 is 1.38 bits per heavy atom. The van der Waals surface area contributed by atoms with E-state index in [2.05, 4.69) is 26.5 Å². The van der Waals surface area contributed by atoms with Crippen LogP contribution >= 0.6 is 0 Å². The van der Waals surface area contributed by atoms with E-state index in [-0.39, 0.29) is 5.78 Å². The lowest BCUT2D eigenvalue weighted by molar-refractivity contribution is -0.115. The standard InChI is InChI=1S/C15H20O/c1-4-13-6-5-7-14(10-9-13)15(16)11-8-12(2)3/h5-6,9-10,12H,4,8,11H2,1-3H3. The largest absolute Gasteiger partial charge is 0.293 e. The number of carbonyl (C=O) groups is 1. The van der Waals surface area contributed by atoms with Gasteiger partial charge < -0.3 is 0 Å². The molecule has 16 heavy (non-hydrogen) atoms. The third-order valence-corrected chi connectivity index (χ3v) is 2.66. The molecule has 0 spiro atoms. The fourth-order valence-electron chi connectivity index (χ4n) is 1.50. The van der Waals surface area contributed by atoms with Crippen molar-refractivity contribution >= 4 is 5.78 Å². The van der Waals surface area contributed by atoms with Crippen LogP contribution in [0.4, 0.5) is 0 Å². The van der Waals surface area contributed by atoms with E-state index in [0.29, 0.717) is 17.9 Å². The molecule has 0 saturated heterocycles. The maximum absolute atomic E-state index is 11.9. The Hall–Kier alpha value is -1.33. The average Bonchev–Trinajstić information content (AvgIpc) is 2.50. The summed E-state index contributed by atoms with van der Waals surface area (Å²) in [7, 11) is 0. The third kappa shape index (κ3) is 4.04. The highest BCUT2D eigenvalue weighted by molar-refractivity contribution is 5.97. The number of hydrogen-bond acceptors (Lipinski definition) is 1. The van der Waals surface area contributed by atoms with Crippen molar-refractivity contribution in [2.45, 2.75) is 40.0 Å². The second kappa shape index (κ2) is 6.30. The first-order valence-electron chi connectivity index (χ1n) is 6.00. The molecule has 0 amide bonds. The van der Waals surface area contributed by atoms with Crippen LogP contribution in [0.25, 0.3) is 0 Å². The lowest BCUT2D eigenvalue weighted by Crippen LogP contribution is -2.01. The van der Waals surface area contributed by atoms with Crippen LogP contribution in [0, 0.1) is 5.92 Å². The molecule has 0 atom stereocenters. The molecule has 0 aliphatic heterocycles. The lowest BCUT2D eigenvalue weighted by atomic mass is 10.0. The highest BCUT2D eigenvalue weighted by Crippen LogP contribution is 2.13. The Labute approximate surface area is 98.2 Å².